The molecule has 0 saturated carbocycles. The lowest BCUT2D eigenvalue weighted by atomic mass is 10.2. The summed E-state index contributed by atoms with van der Waals surface area (Å²) in [6.07, 6.45) is 3.04. The molecule has 0 unspecified atom stereocenters. The second kappa shape index (κ2) is 5.19. The van der Waals surface area contributed by atoms with Gasteiger partial charge in [-0.1, -0.05) is 30.4 Å². The van der Waals surface area contributed by atoms with Crippen LogP contribution in [0.25, 0.3) is 0 Å². The Bertz CT molecular complexity index is 527. The van der Waals surface area contributed by atoms with Crippen LogP contribution in [0.3, 0.4) is 0 Å². The van der Waals surface area contributed by atoms with E-state index in [-0.39, 0.29) is 4.90 Å². The summed E-state index contributed by atoms with van der Waals surface area (Å²) in [7, 11) is -3.53. The van der Waals surface area contributed by atoms with Gasteiger partial charge in [0, 0.05) is 11.9 Å². The van der Waals surface area contributed by atoms with E-state index < -0.39 is 10.0 Å². The monoisotopic (exact) mass is 251 g/mol. The first-order valence-corrected chi connectivity index (χ1v) is 6.74. The van der Waals surface area contributed by atoms with Crippen LogP contribution in [-0.2, 0) is 10.0 Å². The minimum Gasteiger partial charge on any atom is -0.247 e. The van der Waals surface area contributed by atoms with E-state index in [1.807, 2.05) is 6.92 Å². The molecule has 0 aliphatic heterocycles. The van der Waals surface area contributed by atoms with Crippen molar-refractivity contribution in [2.75, 3.05) is 0 Å². The molecule has 17 heavy (non-hydrogen) atoms. The highest BCUT2D eigenvalue weighted by molar-refractivity contribution is 7.89. The molecule has 3 nitrogen and oxygen atoms in total. The number of benzene rings is 1. The second-order valence-corrected chi connectivity index (χ2v) is 5.54. The highest BCUT2D eigenvalue weighted by atomic mass is 32.2. The van der Waals surface area contributed by atoms with Crippen molar-refractivity contribution in [3.63, 3.8) is 0 Å². The van der Waals surface area contributed by atoms with Crippen molar-refractivity contribution in [2.45, 2.75) is 25.7 Å². The molecule has 0 aliphatic carbocycles. The van der Waals surface area contributed by atoms with Crippen LogP contribution >= 0.6 is 0 Å². The summed E-state index contributed by atoms with van der Waals surface area (Å²) >= 11 is 0. The smallest absolute Gasteiger partial charge is 0.247 e. The molecule has 0 atom stereocenters. The van der Waals surface area contributed by atoms with Gasteiger partial charge in [0.15, 0.2) is 0 Å². The first kappa shape index (κ1) is 13.5. The molecule has 92 valence electrons. The number of sulfonamides is 1. The molecular formula is C13H17NO2S. The summed E-state index contributed by atoms with van der Waals surface area (Å²) in [5.41, 5.74) is 1.65. The molecule has 1 aromatic rings. The van der Waals surface area contributed by atoms with Crippen LogP contribution in [0.5, 0.6) is 0 Å². The van der Waals surface area contributed by atoms with Gasteiger partial charge in [0.05, 0.1) is 4.90 Å². The van der Waals surface area contributed by atoms with Gasteiger partial charge in [0.1, 0.15) is 0 Å². The van der Waals surface area contributed by atoms with E-state index in [0.717, 1.165) is 5.56 Å². The minimum atomic E-state index is -3.53. The van der Waals surface area contributed by atoms with Crippen LogP contribution in [0.1, 0.15) is 19.4 Å². The maximum Gasteiger partial charge on any atom is 0.267 e. The Morgan fingerprint density at radius 3 is 2.24 bits per heavy atom. The zero-order chi connectivity index (χ0) is 13.1. The van der Waals surface area contributed by atoms with E-state index in [9.17, 15) is 8.42 Å². The summed E-state index contributed by atoms with van der Waals surface area (Å²) in [5.74, 6) is 0. The Morgan fingerprint density at radius 1 is 1.29 bits per heavy atom. The van der Waals surface area contributed by atoms with Crippen LogP contribution < -0.4 is 0 Å². The first-order chi connectivity index (χ1) is 7.93. The van der Waals surface area contributed by atoms with Crippen molar-refractivity contribution in [3.8, 4) is 0 Å². The van der Waals surface area contributed by atoms with Gasteiger partial charge in [-0.3, -0.25) is 0 Å². The van der Waals surface area contributed by atoms with Gasteiger partial charge >= 0.3 is 0 Å². The van der Waals surface area contributed by atoms with E-state index in [1.165, 1.54) is 10.5 Å². The fraction of sp³-hybridized carbons (Fsp3) is 0.231. The van der Waals surface area contributed by atoms with Gasteiger partial charge in [0.2, 0.25) is 0 Å². The lowest BCUT2D eigenvalue weighted by molar-refractivity contribution is 0.541. The normalized spacial score (nSPS) is 12.3. The molecule has 1 rings (SSSR count). The van der Waals surface area contributed by atoms with E-state index in [1.54, 1.807) is 44.2 Å². The molecule has 0 saturated heterocycles. The Kier molecular flexibility index (Phi) is 4.12. The lowest BCUT2D eigenvalue weighted by Gasteiger charge is -2.20. The van der Waals surface area contributed by atoms with Gasteiger partial charge in [0.25, 0.3) is 10.0 Å². The van der Waals surface area contributed by atoms with Gasteiger partial charge < -0.3 is 0 Å². The maximum atomic E-state index is 12.3. The van der Waals surface area contributed by atoms with Crippen molar-refractivity contribution < 1.29 is 8.42 Å². The van der Waals surface area contributed by atoms with Gasteiger partial charge in [-0.15, -0.1) is 0 Å². The molecule has 0 fully saturated rings. The fourth-order valence-electron chi connectivity index (χ4n) is 1.38. The van der Waals surface area contributed by atoms with Crippen LogP contribution in [0.4, 0.5) is 0 Å². The van der Waals surface area contributed by atoms with Gasteiger partial charge in [-0.05, 0) is 32.9 Å². The topological polar surface area (TPSA) is 37.4 Å². The maximum absolute atomic E-state index is 12.3. The Labute approximate surface area is 103 Å². The predicted octanol–water partition coefficient (Wildman–Crippen LogP) is 3.05. The number of hydrogen-bond acceptors (Lipinski definition) is 2. The van der Waals surface area contributed by atoms with Crippen molar-refractivity contribution in [2.24, 2.45) is 0 Å². The first-order valence-electron chi connectivity index (χ1n) is 5.30. The predicted molar refractivity (Wildman–Crippen MR) is 69.8 cm³/mol. The van der Waals surface area contributed by atoms with Crippen molar-refractivity contribution in [1.29, 1.82) is 0 Å². The molecule has 0 amide bonds. The quantitative estimate of drug-likeness (QED) is 0.824. The number of hydrogen-bond donors (Lipinski definition) is 0. The molecule has 0 radical (unpaired) electrons. The zero-order valence-electron chi connectivity index (χ0n) is 10.3. The molecule has 0 heterocycles. The van der Waals surface area contributed by atoms with E-state index in [0.29, 0.717) is 5.70 Å². The van der Waals surface area contributed by atoms with E-state index >= 15 is 0 Å². The number of rotatable bonds is 4. The van der Waals surface area contributed by atoms with Crippen molar-refractivity contribution in [1.82, 2.24) is 4.31 Å². The number of allylic oxidation sites excluding steroid dienone is 2. The molecule has 1 aromatic carbocycles. The highest BCUT2D eigenvalue weighted by Crippen LogP contribution is 2.20. The summed E-state index contributed by atoms with van der Waals surface area (Å²) in [5, 5.41) is 0. The summed E-state index contributed by atoms with van der Waals surface area (Å²) in [6, 6.07) is 6.76. The Hall–Kier alpha value is -1.55. The molecule has 4 heteroatoms. The third-order valence-corrected chi connectivity index (χ3v) is 4.33. The largest absolute Gasteiger partial charge is 0.267 e. The molecule has 0 spiro atoms. The minimum absolute atomic E-state index is 0.268. The van der Waals surface area contributed by atoms with Gasteiger partial charge in [-0.25, -0.2) is 12.7 Å². The van der Waals surface area contributed by atoms with Gasteiger partial charge in [-0.2, -0.15) is 0 Å². The second-order valence-electron chi connectivity index (χ2n) is 3.73. The zero-order valence-corrected chi connectivity index (χ0v) is 11.2. The molecular weight excluding hydrogens is 234 g/mol. The molecule has 0 aliphatic rings. The molecule has 0 N–H and O–H groups in total. The lowest BCUT2D eigenvalue weighted by Crippen LogP contribution is -2.23. The van der Waals surface area contributed by atoms with E-state index in [2.05, 4.69) is 6.58 Å². The average molecular weight is 251 g/mol. The Balaban J connectivity index is 3.27. The van der Waals surface area contributed by atoms with Crippen LogP contribution in [0, 0.1) is 6.92 Å². The standard InChI is InChI=1S/C13H17NO2S/c1-5-12(4)14(6-2)17(15,16)13-9-7-11(3)8-10-13/h5-10H,2H2,1,3-4H3. The van der Waals surface area contributed by atoms with Crippen LogP contribution in [0.15, 0.2) is 53.7 Å². The SMILES string of the molecule is C=CN(C(C)=CC)S(=O)(=O)c1ccc(C)cc1. The third kappa shape index (κ3) is 2.77. The Morgan fingerprint density at radius 2 is 1.82 bits per heavy atom. The number of nitrogens with zero attached hydrogens (tertiary/aromatic N) is 1. The number of aryl methyl sites for hydroxylation is 1. The summed E-state index contributed by atoms with van der Waals surface area (Å²) in [4.78, 5) is 0.268. The summed E-state index contributed by atoms with van der Waals surface area (Å²) in [6.45, 7) is 8.98. The summed E-state index contributed by atoms with van der Waals surface area (Å²) < 4.78 is 25.8. The third-order valence-electron chi connectivity index (χ3n) is 2.51. The van der Waals surface area contributed by atoms with E-state index in [4.69, 9.17) is 0 Å². The highest BCUT2D eigenvalue weighted by Gasteiger charge is 2.21. The van der Waals surface area contributed by atoms with Crippen LogP contribution in [-0.4, -0.2) is 12.7 Å². The molecule has 0 bridgehead atoms. The average Bonchev–Trinajstić information content (AvgIpc) is 2.29. The van der Waals surface area contributed by atoms with Crippen molar-refractivity contribution in [3.05, 3.63) is 54.4 Å². The van der Waals surface area contributed by atoms with Crippen molar-refractivity contribution >= 4 is 10.0 Å². The molecule has 0 aromatic heterocycles. The van der Waals surface area contributed by atoms with Crippen LogP contribution in [0.2, 0.25) is 0 Å². The fourth-order valence-corrected chi connectivity index (χ4v) is 2.77.